The highest BCUT2D eigenvalue weighted by atomic mass is 16.3. The van der Waals surface area contributed by atoms with Crippen LogP contribution in [0.5, 0.6) is 0 Å². The summed E-state index contributed by atoms with van der Waals surface area (Å²) < 4.78 is 2.13. The molecule has 4 heteroatoms. The van der Waals surface area contributed by atoms with E-state index in [0.29, 0.717) is 6.54 Å². The van der Waals surface area contributed by atoms with Crippen molar-refractivity contribution in [2.24, 2.45) is 0 Å². The van der Waals surface area contributed by atoms with Gasteiger partial charge in [0, 0.05) is 6.54 Å². The van der Waals surface area contributed by atoms with Gasteiger partial charge in [-0.25, -0.2) is 4.98 Å². The number of aliphatic hydroxyl groups excluding tert-OH is 1. The lowest BCUT2D eigenvalue weighted by Gasteiger charge is -2.18. The number of aliphatic hydroxyl groups is 1. The fourth-order valence-corrected chi connectivity index (χ4v) is 2.41. The smallest absolute Gasteiger partial charge is 0.124 e. The summed E-state index contributed by atoms with van der Waals surface area (Å²) in [5, 5.41) is 9.26. The third-order valence-electron chi connectivity index (χ3n) is 3.57. The van der Waals surface area contributed by atoms with Gasteiger partial charge < -0.3 is 9.67 Å². The molecule has 0 spiro atoms. The van der Waals surface area contributed by atoms with E-state index in [9.17, 15) is 5.11 Å². The maximum atomic E-state index is 9.26. The quantitative estimate of drug-likeness (QED) is 0.866. The molecule has 19 heavy (non-hydrogen) atoms. The molecule has 0 amide bonds. The molecular formula is C15H23N3O. The van der Waals surface area contributed by atoms with Crippen molar-refractivity contribution in [2.75, 3.05) is 19.7 Å². The zero-order valence-corrected chi connectivity index (χ0v) is 12.1. The largest absolute Gasteiger partial charge is 0.395 e. The van der Waals surface area contributed by atoms with Crippen molar-refractivity contribution < 1.29 is 5.11 Å². The molecule has 0 unspecified atom stereocenters. The van der Waals surface area contributed by atoms with E-state index in [2.05, 4.69) is 48.4 Å². The molecule has 0 bridgehead atoms. The third-order valence-corrected chi connectivity index (χ3v) is 3.57. The molecule has 0 aliphatic carbocycles. The molecule has 0 atom stereocenters. The zero-order valence-electron chi connectivity index (χ0n) is 12.1. The van der Waals surface area contributed by atoms with Crippen LogP contribution in [0.3, 0.4) is 0 Å². The Balaban J connectivity index is 2.43. The van der Waals surface area contributed by atoms with Crippen molar-refractivity contribution in [3.63, 3.8) is 0 Å². The number of fused-ring (bicyclic) bond motifs is 1. The van der Waals surface area contributed by atoms with Crippen molar-refractivity contribution in [3.05, 3.63) is 29.6 Å². The normalized spacial score (nSPS) is 11.6. The Kier molecular flexibility index (Phi) is 4.56. The predicted molar refractivity (Wildman–Crippen MR) is 78.2 cm³/mol. The molecule has 1 N–H and O–H groups in total. The van der Waals surface area contributed by atoms with Crippen LogP contribution in [0.2, 0.25) is 0 Å². The molecule has 104 valence electrons. The highest BCUT2D eigenvalue weighted by Gasteiger charge is 2.12. The topological polar surface area (TPSA) is 41.3 Å². The maximum Gasteiger partial charge on any atom is 0.124 e. The molecule has 0 aliphatic rings. The van der Waals surface area contributed by atoms with Gasteiger partial charge in [0.05, 0.1) is 24.2 Å². The van der Waals surface area contributed by atoms with Crippen LogP contribution < -0.4 is 0 Å². The molecule has 2 aromatic rings. The van der Waals surface area contributed by atoms with Gasteiger partial charge in [0.25, 0.3) is 0 Å². The first-order valence-corrected chi connectivity index (χ1v) is 6.98. The second-order valence-corrected chi connectivity index (χ2v) is 4.86. The van der Waals surface area contributed by atoms with E-state index in [1.54, 1.807) is 0 Å². The molecule has 4 nitrogen and oxygen atoms in total. The molecule has 0 radical (unpaired) electrons. The molecule has 0 saturated carbocycles. The Morgan fingerprint density at radius 1 is 1.26 bits per heavy atom. The van der Waals surface area contributed by atoms with E-state index in [1.165, 1.54) is 5.56 Å². The predicted octanol–water partition coefficient (Wildman–Crippen LogP) is 2.18. The minimum Gasteiger partial charge on any atom is -0.395 e. The first-order valence-electron chi connectivity index (χ1n) is 6.98. The van der Waals surface area contributed by atoms with Crippen LogP contribution >= 0.6 is 0 Å². The maximum absolute atomic E-state index is 9.26. The van der Waals surface area contributed by atoms with E-state index in [-0.39, 0.29) is 6.61 Å². The first-order chi connectivity index (χ1) is 9.19. The van der Waals surface area contributed by atoms with E-state index < -0.39 is 0 Å². The zero-order chi connectivity index (χ0) is 13.8. The summed E-state index contributed by atoms with van der Waals surface area (Å²) in [5.74, 6) is 1.04. The Morgan fingerprint density at radius 2 is 2.00 bits per heavy atom. The average molecular weight is 261 g/mol. The van der Waals surface area contributed by atoms with Gasteiger partial charge in [0.15, 0.2) is 0 Å². The minimum atomic E-state index is 0.143. The third kappa shape index (κ3) is 2.96. The number of aryl methyl sites for hydroxylation is 1. The van der Waals surface area contributed by atoms with Crippen molar-refractivity contribution in [1.82, 2.24) is 14.5 Å². The van der Waals surface area contributed by atoms with E-state index in [0.717, 1.165) is 36.5 Å². The number of rotatable bonds is 6. The Bertz CT molecular complexity index is 544. The van der Waals surface area contributed by atoms with Crippen LogP contribution in [0.4, 0.5) is 0 Å². The van der Waals surface area contributed by atoms with Gasteiger partial charge in [-0.05, 0) is 37.7 Å². The summed E-state index contributed by atoms with van der Waals surface area (Å²) in [5.41, 5.74) is 3.35. The van der Waals surface area contributed by atoms with Gasteiger partial charge in [-0.1, -0.05) is 19.9 Å². The van der Waals surface area contributed by atoms with Crippen molar-refractivity contribution in [3.8, 4) is 0 Å². The number of imidazole rings is 1. The summed E-state index contributed by atoms with van der Waals surface area (Å²) in [6.07, 6.45) is 0. The van der Waals surface area contributed by atoms with Gasteiger partial charge in [-0.3, -0.25) is 4.90 Å². The van der Waals surface area contributed by atoms with Crippen LogP contribution in [0.25, 0.3) is 11.0 Å². The average Bonchev–Trinajstić information content (AvgIpc) is 2.73. The molecule has 0 fully saturated rings. The van der Waals surface area contributed by atoms with Crippen LogP contribution in [0.1, 0.15) is 25.2 Å². The number of aromatic nitrogens is 2. The number of benzene rings is 1. The number of nitrogens with zero attached hydrogens (tertiary/aromatic N) is 3. The van der Waals surface area contributed by atoms with Crippen molar-refractivity contribution >= 4 is 11.0 Å². The van der Waals surface area contributed by atoms with E-state index in [1.807, 2.05) is 0 Å². The molecule has 1 aromatic carbocycles. The lowest BCUT2D eigenvalue weighted by Crippen LogP contribution is -2.24. The lowest BCUT2D eigenvalue weighted by molar-refractivity contribution is 0.260. The first kappa shape index (κ1) is 14.0. The highest BCUT2D eigenvalue weighted by Crippen LogP contribution is 2.18. The van der Waals surface area contributed by atoms with Gasteiger partial charge in [-0.15, -0.1) is 0 Å². The second kappa shape index (κ2) is 6.17. The molecule has 1 heterocycles. The molecule has 2 rings (SSSR count). The van der Waals surface area contributed by atoms with Crippen molar-refractivity contribution in [2.45, 2.75) is 33.9 Å². The van der Waals surface area contributed by atoms with Crippen LogP contribution in [0, 0.1) is 6.92 Å². The van der Waals surface area contributed by atoms with Gasteiger partial charge in [0.1, 0.15) is 5.82 Å². The Morgan fingerprint density at radius 3 is 2.63 bits per heavy atom. The van der Waals surface area contributed by atoms with Crippen LogP contribution in [-0.4, -0.2) is 39.3 Å². The highest BCUT2D eigenvalue weighted by molar-refractivity contribution is 5.76. The molecular weight excluding hydrogens is 238 g/mol. The second-order valence-electron chi connectivity index (χ2n) is 4.86. The van der Waals surface area contributed by atoms with Crippen molar-refractivity contribution in [1.29, 1.82) is 0 Å². The molecule has 0 aliphatic heterocycles. The summed E-state index contributed by atoms with van der Waals surface area (Å²) in [6.45, 7) is 10.0. The van der Waals surface area contributed by atoms with Gasteiger partial charge >= 0.3 is 0 Å². The summed E-state index contributed by atoms with van der Waals surface area (Å²) in [6, 6.07) is 6.30. The minimum absolute atomic E-state index is 0.143. The van der Waals surface area contributed by atoms with Gasteiger partial charge in [0.2, 0.25) is 0 Å². The standard InChI is InChI=1S/C15H23N3O/c1-4-17(5-2)11-15-16-13-10-12(3)6-7-14(13)18(15)8-9-19/h6-7,10,19H,4-5,8-9,11H2,1-3H3. The fraction of sp³-hybridized carbons (Fsp3) is 0.533. The van der Waals surface area contributed by atoms with Crippen LogP contribution in [-0.2, 0) is 13.1 Å². The van der Waals surface area contributed by atoms with Crippen LogP contribution in [0.15, 0.2) is 18.2 Å². The summed E-state index contributed by atoms with van der Waals surface area (Å²) >= 11 is 0. The lowest BCUT2D eigenvalue weighted by atomic mass is 10.2. The number of hydrogen-bond acceptors (Lipinski definition) is 3. The van der Waals surface area contributed by atoms with Gasteiger partial charge in [-0.2, -0.15) is 0 Å². The summed E-state index contributed by atoms with van der Waals surface area (Å²) in [7, 11) is 0. The monoisotopic (exact) mass is 261 g/mol. The number of hydrogen-bond donors (Lipinski definition) is 1. The van der Waals surface area contributed by atoms with E-state index >= 15 is 0 Å². The molecule has 1 aromatic heterocycles. The summed E-state index contributed by atoms with van der Waals surface area (Å²) in [4.78, 5) is 7.07. The fourth-order valence-electron chi connectivity index (χ4n) is 2.41. The Labute approximate surface area is 114 Å². The Hall–Kier alpha value is -1.39. The SMILES string of the molecule is CCN(CC)Cc1nc2cc(C)ccc2n1CCO. The van der Waals surface area contributed by atoms with E-state index in [4.69, 9.17) is 4.98 Å². The molecule has 0 saturated heterocycles.